The SMILES string of the molecule is COCCNCc1cnc(Cc2ccc(F)cc2)nc1. The Morgan fingerprint density at radius 2 is 1.80 bits per heavy atom. The summed E-state index contributed by atoms with van der Waals surface area (Å²) in [6.07, 6.45) is 4.23. The normalized spacial score (nSPS) is 10.7. The Morgan fingerprint density at radius 3 is 2.45 bits per heavy atom. The van der Waals surface area contributed by atoms with Crippen molar-refractivity contribution in [2.24, 2.45) is 0 Å². The van der Waals surface area contributed by atoms with E-state index in [0.29, 0.717) is 13.0 Å². The van der Waals surface area contributed by atoms with Crippen LogP contribution < -0.4 is 5.32 Å². The van der Waals surface area contributed by atoms with Gasteiger partial charge in [0.05, 0.1) is 6.61 Å². The maximum absolute atomic E-state index is 12.8. The van der Waals surface area contributed by atoms with Gasteiger partial charge < -0.3 is 10.1 Å². The molecular weight excluding hydrogens is 257 g/mol. The van der Waals surface area contributed by atoms with Gasteiger partial charge in [-0.3, -0.25) is 0 Å². The molecule has 4 nitrogen and oxygen atoms in total. The molecule has 0 fully saturated rings. The van der Waals surface area contributed by atoms with Crippen LogP contribution in [0.2, 0.25) is 0 Å². The first-order valence-electron chi connectivity index (χ1n) is 6.52. The van der Waals surface area contributed by atoms with Crippen LogP contribution in [0.5, 0.6) is 0 Å². The Bertz CT molecular complexity index is 514. The molecule has 1 N–H and O–H groups in total. The fraction of sp³-hybridized carbons (Fsp3) is 0.333. The summed E-state index contributed by atoms with van der Waals surface area (Å²) in [6, 6.07) is 6.39. The molecule has 5 heteroatoms. The second-order valence-electron chi connectivity index (χ2n) is 4.48. The van der Waals surface area contributed by atoms with E-state index in [1.54, 1.807) is 19.2 Å². The highest BCUT2D eigenvalue weighted by Gasteiger charge is 2.01. The molecule has 0 spiro atoms. The van der Waals surface area contributed by atoms with Crippen molar-refractivity contribution in [1.29, 1.82) is 0 Å². The Kier molecular flexibility index (Phi) is 5.58. The fourth-order valence-corrected chi connectivity index (χ4v) is 1.76. The molecule has 0 aliphatic carbocycles. The minimum atomic E-state index is -0.229. The molecule has 20 heavy (non-hydrogen) atoms. The first-order valence-corrected chi connectivity index (χ1v) is 6.52. The zero-order valence-electron chi connectivity index (χ0n) is 11.5. The van der Waals surface area contributed by atoms with E-state index in [2.05, 4.69) is 15.3 Å². The molecule has 2 aromatic rings. The van der Waals surface area contributed by atoms with Gasteiger partial charge in [0.1, 0.15) is 11.6 Å². The van der Waals surface area contributed by atoms with Crippen molar-refractivity contribution in [2.45, 2.75) is 13.0 Å². The highest BCUT2D eigenvalue weighted by atomic mass is 19.1. The lowest BCUT2D eigenvalue weighted by Gasteiger charge is -2.05. The molecule has 0 atom stereocenters. The lowest BCUT2D eigenvalue weighted by Crippen LogP contribution is -2.18. The van der Waals surface area contributed by atoms with E-state index in [0.717, 1.165) is 30.0 Å². The molecule has 0 aliphatic rings. The van der Waals surface area contributed by atoms with Crippen molar-refractivity contribution in [3.8, 4) is 0 Å². The zero-order valence-corrected chi connectivity index (χ0v) is 11.5. The zero-order chi connectivity index (χ0) is 14.2. The summed E-state index contributed by atoms with van der Waals surface area (Å²) in [5, 5.41) is 3.23. The van der Waals surface area contributed by atoms with E-state index in [1.807, 2.05) is 12.4 Å². The van der Waals surface area contributed by atoms with Gasteiger partial charge in [-0.15, -0.1) is 0 Å². The molecule has 106 valence electrons. The third-order valence-electron chi connectivity index (χ3n) is 2.85. The van der Waals surface area contributed by atoms with E-state index in [4.69, 9.17) is 4.74 Å². The summed E-state index contributed by atoms with van der Waals surface area (Å²) in [5.41, 5.74) is 2.03. The molecule has 1 heterocycles. The van der Waals surface area contributed by atoms with Crippen molar-refractivity contribution in [1.82, 2.24) is 15.3 Å². The second kappa shape index (κ2) is 7.67. The van der Waals surface area contributed by atoms with Crippen LogP contribution in [-0.4, -0.2) is 30.2 Å². The van der Waals surface area contributed by atoms with Gasteiger partial charge in [-0.2, -0.15) is 0 Å². The number of nitrogens with zero attached hydrogens (tertiary/aromatic N) is 2. The molecule has 0 amide bonds. The van der Waals surface area contributed by atoms with Crippen molar-refractivity contribution >= 4 is 0 Å². The van der Waals surface area contributed by atoms with Crippen LogP contribution in [0.4, 0.5) is 4.39 Å². The summed E-state index contributed by atoms with van der Waals surface area (Å²) in [4.78, 5) is 8.64. The van der Waals surface area contributed by atoms with Gasteiger partial charge in [-0.1, -0.05) is 12.1 Å². The first-order chi connectivity index (χ1) is 9.78. The number of rotatable bonds is 7. The molecule has 0 saturated heterocycles. The Labute approximate surface area is 118 Å². The minimum Gasteiger partial charge on any atom is -0.383 e. The van der Waals surface area contributed by atoms with Crippen molar-refractivity contribution < 1.29 is 9.13 Å². The van der Waals surface area contributed by atoms with Gasteiger partial charge in [0.15, 0.2) is 0 Å². The van der Waals surface area contributed by atoms with Gasteiger partial charge in [0.25, 0.3) is 0 Å². The number of hydrogen-bond acceptors (Lipinski definition) is 4. The number of nitrogens with one attached hydrogen (secondary N) is 1. The van der Waals surface area contributed by atoms with Crippen LogP contribution in [0, 0.1) is 5.82 Å². The molecule has 1 aromatic carbocycles. The number of halogens is 1. The van der Waals surface area contributed by atoms with Crippen LogP contribution >= 0.6 is 0 Å². The summed E-state index contributed by atoms with van der Waals surface area (Å²) in [6.45, 7) is 2.21. The van der Waals surface area contributed by atoms with Crippen molar-refractivity contribution in [3.05, 3.63) is 59.4 Å². The summed E-state index contributed by atoms with van der Waals surface area (Å²) in [5.74, 6) is 0.504. The highest BCUT2D eigenvalue weighted by Crippen LogP contribution is 2.07. The molecular formula is C15H18FN3O. The lowest BCUT2D eigenvalue weighted by atomic mass is 10.1. The predicted octanol–water partition coefficient (Wildman–Crippen LogP) is 1.94. The fourth-order valence-electron chi connectivity index (χ4n) is 1.76. The van der Waals surface area contributed by atoms with Crippen molar-refractivity contribution in [2.75, 3.05) is 20.3 Å². The summed E-state index contributed by atoms with van der Waals surface area (Å²) >= 11 is 0. The summed E-state index contributed by atoms with van der Waals surface area (Å²) < 4.78 is 17.8. The van der Waals surface area contributed by atoms with Crippen LogP contribution in [-0.2, 0) is 17.7 Å². The monoisotopic (exact) mass is 275 g/mol. The van der Waals surface area contributed by atoms with Gasteiger partial charge in [0.2, 0.25) is 0 Å². The number of hydrogen-bond donors (Lipinski definition) is 1. The van der Waals surface area contributed by atoms with E-state index in [1.165, 1.54) is 12.1 Å². The number of aromatic nitrogens is 2. The molecule has 0 bridgehead atoms. The molecule has 1 aromatic heterocycles. The third kappa shape index (κ3) is 4.68. The Morgan fingerprint density at radius 1 is 1.10 bits per heavy atom. The number of methoxy groups -OCH3 is 1. The third-order valence-corrected chi connectivity index (χ3v) is 2.85. The van der Waals surface area contributed by atoms with Gasteiger partial charge in [-0.25, -0.2) is 14.4 Å². The Hall–Kier alpha value is -1.85. The number of ether oxygens (including phenoxy) is 1. The Balaban J connectivity index is 1.86. The molecule has 0 unspecified atom stereocenters. The molecule has 0 saturated carbocycles. The smallest absolute Gasteiger partial charge is 0.132 e. The van der Waals surface area contributed by atoms with Crippen LogP contribution in [0.15, 0.2) is 36.7 Å². The number of benzene rings is 1. The van der Waals surface area contributed by atoms with E-state index in [9.17, 15) is 4.39 Å². The standard InChI is InChI=1S/C15H18FN3O/c1-20-7-6-17-9-13-10-18-15(19-11-13)8-12-2-4-14(16)5-3-12/h2-5,10-11,17H,6-9H2,1H3. The predicted molar refractivity (Wildman–Crippen MR) is 74.8 cm³/mol. The lowest BCUT2D eigenvalue weighted by molar-refractivity contribution is 0.199. The van der Waals surface area contributed by atoms with E-state index >= 15 is 0 Å². The maximum atomic E-state index is 12.8. The second-order valence-corrected chi connectivity index (χ2v) is 4.48. The molecule has 2 rings (SSSR count). The van der Waals surface area contributed by atoms with E-state index in [-0.39, 0.29) is 5.82 Å². The van der Waals surface area contributed by atoms with Gasteiger partial charge in [-0.05, 0) is 17.7 Å². The highest BCUT2D eigenvalue weighted by molar-refractivity contribution is 5.20. The first kappa shape index (κ1) is 14.6. The quantitative estimate of drug-likeness (QED) is 0.785. The van der Waals surface area contributed by atoms with E-state index < -0.39 is 0 Å². The van der Waals surface area contributed by atoms with Gasteiger partial charge >= 0.3 is 0 Å². The average molecular weight is 275 g/mol. The van der Waals surface area contributed by atoms with Crippen LogP contribution in [0.1, 0.15) is 17.0 Å². The average Bonchev–Trinajstić information content (AvgIpc) is 2.48. The molecule has 0 radical (unpaired) electrons. The topological polar surface area (TPSA) is 47.0 Å². The minimum absolute atomic E-state index is 0.229. The van der Waals surface area contributed by atoms with Crippen LogP contribution in [0.25, 0.3) is 0 Å². The largest absolute Gasteiger partial charge is 0.383 e. The molecule has 0 aliphatic heterocycles. The maximum Gasteiger partial charge on any atom is 0.132 e. The van der Waals surface area contributed by atoms with Gasteiger partial charge in [0, 0.05) is 44.6 Å². The van der Waals surface area contributed by atoms with Crippen LogP contribution in [0.3, 0.4) is 0 Å². The van der Waals surface area contributed by atoms with Crippen molar-refractivity contribution in [3.63, 3.8) is 0 Å². The summed E-state index contributed by atoms with van der Waals surface area (Å²) in [7, 11) is 1.68.